The molecule has 3 N–H and O–H groups in total. The predicted octanol–water partition coefficient (Wildman–Crippen LogP) is 3.25. The molecule has 0 amide bonds. The Kier molecular flexibility index (Phi) is 5.28. The molecular formula is C17H18F3NO2. The first-order valence-corrected chi connectivity index (χ1v) is 7.11. The maximum absolute atomic E-state index is 13.3. The van der Waals surface area contributed by atoms with Crippen LogP contribution in [0.15, 0.2) is 24.3 Å². The molecule has 2 rings (SSSR count). The van der Waals surface area contributed by atoms with Crippen molar-refractivity contribution < 1.29 is 23.4 Å². The van der Waals surface area contributed by atoms with Crippen LogP contribution in [-0.4, -0.2) is 16.8 Å². The molecular weight excluding hydrogens is 307 g/mol. The van der Waals surface area contributed by atoms with Gasteiger partial charge >= 0.3 is 0 Å². The summed E-state index contributed by atoms with van der Waals surface area (Å²) < 4.78 is 39.6. The summed E-state index contributed by atoms with van der Waals surface area (Å²) in [6, 6.07) is 4.30. The van der Waals surface area contributed by atoms with Crippen molar-refractivity contribution in [1.29, 1.82) is 0 Å². The fourth-order valence-corrected chi connectivity index (χ4v) is 2.30. The smallest absolute Gasteiger partial charge is 0.194 e. The minimum Gasteiger partial charge on any atom is -0.508 e. The first-order valence-electron chi connectivity index (χ1n) is 7.11. The van der Waals surface area contributed by atoms with Gasteiger partial charge in [0.25, 0.3) is 0 Å². The second-order valence-electron chi connectivity index (χ2n) is 5.48. The van der Waals surface area contributed by atoms with Crippen molar-refractivity contribution in [3.05, 3.63) is 64.0 Å². The highest BCUT2D eigenvalue weighted by atomic mass is 19.2. The molecule has 0 aromatic heterocycles. The van der Waals surface area contributed by atoms with Crippen LogP contribution in [0.5, 0.6) is 5.75 Å². The minimum atomic E-state index is -1.54. The van der Waals surface area contributed by atoms with Crippen LogP contribution in [-0.2, 0) is 6.54 Å². The third kappa shape index (κ3) is 3.83. The van der Waals surface area contributed by atoms with Gasteiger partial charge in [0.15, 0.2) is 17.5 Å². The summed E-state index contributed by atoms with van der Waals surface area (Å²) in [6.45, 7) is 3.51. The van der Waals surface area contributed by atoms with Gasteiger partial charge in [-0.05, 0) is 48.7 Å². The highest BCUT2D eigenvalue weighted by molar-refractivity contribution is 5.40. The zero-order valence-corrected chi connectivity index (χ0v) is 12.8. The number of aliphatic hydroxyl groups is 1. The fraction of sp³-hybridized carbons (Fsp3) is 0.294. The molecule has 2 aromatic carbocycles. The third-order valence-electron chi connectivity index (χ3n) is 3.82. The topological polar surface area (TPSA) is 52.5 Å². The lowest BCUT2D eigenvalue weighted by Gasteiger charge is -2.18. The second kappa shape index (κ2) is 7.02. The second-order valence-corrected chi connectivity index (χ2v) is 5.48. The van der Waals surface area contributed by atoms with Crippen LogP contribution in [0, 0.1) is 31.3 Å². The Bertz CT molecular complexity index is 696. The molecule has 0 fully saturated rings. The Balaban J connectivity index is 2.19. The molecule has 1 atom stereocenters. The van der Waals surface area contributed by atoms with Crippen LogP contribution in [0.3, 0.4) is 0 Å². The number of rotatable bonds is 5. The van der Waals surface area contributed by atoms with E-state index in [9.17, 15) is 23.4 Å². The first-order chi connectivity index (χ1) is 10.8. The van der Waals surface area contributed by atoms with Crippen LogP contribution in [0.4, 0.5) is 13.2 Å². The average Bonchev–Trinajstić information content (AvgIpc) is 2.50. The van der Waals surface area contributed by atoms with Gasteiger partial charge in [0.1, 0.15) is 5.75 Å². The summed E-state index contributed by atoms with van der Waals surface area (Å²) in [7, 11) is 0. The average molecular weight is 325 g/mol. The Morgan fingerprint density at radius 1 is 1.00 bits per heavy atom. The molecule has 1 unspecified atom stereocenters. The molecule has 0 saturated heterocycles. The summed E-state index contributed by atoms with van der Waals surface area (Å²) in [5.74, 6) is -4.07. The summed E-state index contributed by atoms with van der Waals surface area (Å²) in [6.07, 6.45) is 0. The number of phenols is 1. The normalized spacial score (nSPS) is 12.4. The number of halogens is 3. The number of aromatic hydroxyl groups is 1. The van der Waals surface area contributed by atoms with Crippen LogP contribution < -0.4 is 5.32 Å². The van der Waals surface area contributed by atoms with E-state index in [1.165, 1.54) is 0 Å². The van der Waals surface area contributed by atoms with E-state index >= 15 is 0 Å². The number of hydrogen-bond donors (Lipinski definition) is 3. The number of phenolic OH excluding ortho intramolecular Hbond substituents is 1. The van der Waals surface area contributed by atoms with Crippen LogP contribution in [0.2, 0.25) is 0 Å². The lowest BCUT2D eigenvalue weighted by molar-refractivity contribution is 0.242. The van der Waals surface area contributed by atoms with Crippen LogP contribution >= 0.6 is 0 Å². The van der Waals surface area contributed by atoms with Crippen molar-refractivity contribution >= 4 is 0 Å². The van der Waals surface area contributed by atoms with E-state index in [4.69, 9.17) is 0 Å². The van der Waals surface area contributed by atoms with Crippen molar-refractivity contribution in [2.75, 3.05) is 6.61 Å². The quantitative estimate of drug-likeness (QED) is 0.740. The molecule has 23 heavy (non-hydrogen) atoms. The Morgan fingerprint density at radius 3 is 2.13 bits per heavy atom. The molecule has 6 heteroatoms. The maximum atomic E-state index is 13.3. The first kappa shape index (κ1) is 17.3. The van der Waals surface area contributed by atoms with E-state index in [1.807, 2.05) is 13.8 Å². The third-order valence-corrected chi connectivity index (χ3v) is 3.82. The molecule has 0 bridgehead atoms. The van der Waals surface area contributed by atoms with Gasteiger partial charge in [-0.1, -0.05) is 6.07 Å². The molecule has 124 valence electrons. The van der Waals surface area contributed by atoms with E-state index in [0.717, 1.165) is 23.3 Å². The molecule has 0 spiro atoms. The van der Waals surface area contributed by atoms with E-state index in [0.29, 0.717) is 5.56 Å². The van der Waals surface area contributed by atoms with Crippen LogP contribution in [0.25, 0.3) is 0 Å². The highest BCUT2D eigenvalue weighted by Gasteiger charge is 2.17. The fourth-order valence-electron chi connectivity index (χ4n) is 2.30. The molecule has 0 aliphatic rings. The number of nitrogens with one attached hydrogen (secondary N) is 1. The summed E-state index contributed by atoms with van der Waals surface area (Å²) >= 11 is 0. The lowest BCUT2D eigenvalue weighted by Crippen LogP contribution is -2.24. The number of benzene rings is 2. The predicted molar refractivity (Wildman–Crippen MR) is 80.6 cm³/mol. The number of aliphatic hydroxyl groups excluding tert-OH is 1. The molecule has 3 nitrogen and oxygen atoms in total. The largest absolute Gasteiger partial charge is 0.508 e. The molecule has 0 saturated carbocycles. The van der Waals surface area contributed by atoms with Gasteiger partial charge in [-0.25, -0.2) is 13.2 Å². The summed E-state index contributed by atoms with van der Waals surface area (Å²) in [4.78, 5) is 0. The molecule has 0 aliphatic heterocycles. The Morgan fingerprint density at radius 2 is 1.57 bits per heavy atom. The van der Waals surface area contributed by atoms with Crippen LogP contribution in [0.1, 0.15) is 28.3 Å². The van der Waals surface area contributed by atoms with E-state index < -0.39 is 30.1 Å². The molecule has 0 heterocycles. The van der Waals surface area contributed by atoms with Gasteiger partial charge in [0.05, 0.1) is 12.6 Å². The van der Waals surface area contributed by atoms with Gasteiger partial charge in [-0.2, -0.15) is 0 Å². The van der Waals surface area contributed by atoms with Crippen molar-refractivity contribution in [1.82, 2.24) is 5.32 Å². The number of hydrogen-bond acceptors (Lipinski definition) is 3. The van der Waals surface area contributed by atoms with E-state index in [2.05, 4.69) is 5.32 Å². The van der Waals surface area contributed by atoms with Crippen molar-refractivity contribution in [2.24, 2.45) is 0 Å². The monoisotopic (exact) mass is 325 g/mol. The van der Waals surface area contributed by atoms with Crippen molar-refractivity contribution in [3.8, 4) is 5.75 Å². The molecule has 0 radical (unpaired) electrons. The summed E-state index contributed by atoms with van der Waals surface area (Å²) in [5, 5.41) is 22.2. The molecule has 2 aromatic rings. The van der Waals surface area contributed by atoms with Crippen molar-refractivity contribution in [3.63, 3.8) is 0 Å². The Hall–Kier alpha value is -2.05. The zero-order chi connectivity index (χ0) is 17.1. The zero-order valence-electron chi connectivity index (χ0n) is 12.8. The van der Waals surface area contributed by atoms with Gasteiger partial charge < -0.3 is 15.5 Å². The Labute approximate surface area is 132 Å². The maximum Gasteiger partial charge on any atom is 0.194 e. The van der Waals surface area contributed by atoms with Gasteiger partial charge in [-0.3, -0.25) is 0 Å². The standard InChI is InChI=1S/C17H18F3NO2/c1-9-3-12(16(23)4-10(9)2)7-21-15(8-22)11-5-13(18)17(20)14(19)6-11/h3-6,15,21-23H,7-8H2,1-2H3. The van der Waals surface area contributed by atoms with Crippen molar-refractivity contribution in [2.45, 2.75) is 26.4 Å². The SMILES string of the molecule is Cc1cc(O)c(CNC(CO)c2cc(F)c(F)c(F)c2)cc1C. The number of aryl methyl sites for hydroxylation is 2. The molecule has 0 aliphatic carbocycles. The minimum absolute atomic E-state index is 0.0900. The summed E-state index contributed by atoms with van der Waals surface area (Å²) in [5.41, 5.74) is 2.61. The van der Waals surface area contributed by atoms with Gasteiger partial charge in [-0.15, -0.1) is 0 Å². The van der Waals surface area contributed by atoms with E-state index in [1.54, 1.807) is 12.1 Å². The highest BCUT2D eigenvalue weighted by Crippen LogP contribution is 2.24. The van der Waals surface area contributed by atoms with E-state index in [-0.39, 0.29) is 17.9 Å². The van der Waals surface area contributed by atoms with Gasteiger partial charge in [0, 0.05) is 12.1 Å². The lowest BCUT2D eigenvalue weighted by atomic mass is 10.0. The van der Waals surface area contributed by atoms with Gasteiger partial charge in [0.2, 0.25) is 0 Å².